The Morgan fingerprint density at radius 2 is 1.26 bits per heavy atom. The number of amides is 1. The lowest BCUT2D eigenvalue weighted by atomic mass is 10.2. The fraction of sp³-hybridized carbons (Fsp3) is 0.316. The lowest BCUT2D eigenvalue weighted by Gasteiger charge is -2.19. The second-order valence-corrected chi connectivity index (χ2v) is 5.07. The van der Waals surface area contributed by atoms with E-state index in [2.05, 4.69) is 19.2 Å². The monoisotopic (exact) mass is 314 g/mol. The second-order valence-electron chi connectivity index (χ2n) is 5.07. The predicted molar refractivity (Wildman–Crippen MR) is 94.4 cm³/mol. The summed E-state index contributed by atoms with van der Waals surface area (Å²) in [5, 5.41) is 12.3. The highest BCUT2D eigenvalue weighted by atomic mass is 16.4. The van der Waals surface area contributed by atoms with Crippen LogP contribution < -0.4 is 5.32 Å². The van der Waals surface area contributed by atoms with Gasteiger partial charge in [-0.3, -0.25) is 4.90 Å². The normalized spacial score (nSPS) is 9.65. The number of hydrogen-bond donors (Lipinski definition) is 2. The van der Waals surface area contributed by atoms with Crippen LogP contribution in [-0.4, -0.2) is 29.2 Å². The smallest absolute Gasteiger partial charge is 0.407 e. The number of nitrogens with zero attached hydrogens (tertiary/aromatic N) is 1. The summed E-state index contributed by atoms with van der Waals surface area (Å²) in [6, 6.07) is 19.2. The molecule has 124 valence electrons. The van der Waals surface area contributed by atoms with E-state index in [1.807, 2.05) is 60.7 Å². The number of benzene rings is 2. The molecule has 0 aromatic heterocycles. The van der Waals surface area contributed by atoms with Crippen LogP contribution in [0.1, 0.15) is 25.0 Å². The molecule has 2 aromatic carbocycles. The van der Waals surface area contributed by atoms with Crippen molar-refractivity contribution in [2.24, 2.45) is 0 Å². The molecule has 0 spiro atoms. The number of carbonyl (C=O) groups is 1. The van der Waals surface area contributed by atoms with Crippen molar-refractivity contribution in [2.45, 2.75) is 26.9 Å². The van der Waals surface area contributed by atoms with Crippen molar-refractivity contribution < 1.29 is 9.90 Å². The third-order valence-corrected chi connectivity index (χ3v) is 3.20. The molecule has 0 saturated heterocycles. The summed E-state index contributed by atoms with van der Waals surface area (Å²) in [5.41, 5.74) is 1.99. The van der Waals surface area contributed by atoms with Gasteiger partial charge in [0.2, 0.25) is 0 Å². The van der Waals surface area contributed by atoms with Crippen LogP contribution in [0.3, 0.4) is 0 Å². The summed E-state index contributed by atoms with van der Waals surface area (Å²) in [7, 11) is 0. The fourth-order valence-corrected chi connectivity index (χ4v) is 2.05. The minimum atomic E-state index is -0.900. The van der Waals surface area contributed by atoms with Gasteiger partial charge in [-0.2, -0.15) is 0 Å². The average Bonchev–Trinajstić information content (AvgIpc) is 2.57. The van der Waals surface area contributed by atoms with Crippen LogP contribution in [0.4, 0.5) is 4.79 Å². The third kappa shape index (κ3) is 8.02. The summed E-state index contributed by atoms with van der Waals surface area (Å²) in [4.78, 5) is 12.6. The Balaban J connectivity index is 0.000000463. The molecule has 0 atom stereocenters. The zero-order valence-electron chi connectivity index (χ0n) is 13.9. The van der Waals surface area contributed by atoms with Crippen molar-refractivity contribution in [3.8, 4) is 0 Å². The lowest BCUT2D eigenvalue weighted by Crippen LogP contribution is -2.28. The molecule has 0 heterocycles. The predicted octanol–water partition coefficient (Wildman–Crippen LogP) is 3.98. The van der Waals surface area contributed by atoms with Gasteiger partial charge in [0.25, 0.3) is 0 Å². The zero-order valence-corrected chi connectivity index (χ0v) is 13.9. The molecule has 2 N–H and O–H groups in total. The summed E-state index contributed by atoms with van der Waals surface area (Å²) in [6.45, 7) is 7.20. The minimum absolute atomic E-state index is 0.408. The van der Waals surface area contributed by atoms with Gasteiger partial charge < -0.3 is 10.4 Å². The molecule has 4 heteroatoms. The number of carboxylic acid groups (broad SMARTS) is 1. The van der Waals surface area contributed by atoms with Crippen molar-refractivity contribution in [1.82, 2.24) is 10.2 Å². The molecule has 2 aromatic rings. The first-order valence-corrected chi connectivity index (χ1v) is 7.93. The summed E-state index contributed by atoms with van der Waals surface area (Å²) >= 11 is 0. The largest absolute Gasteiger partial charge is 0.465 e. The molecule has 0 fully saturated rings. The van der Waals surface area contributed by atoms with Crippen LogP contribution in [0.25, 0.3) is 0 Å². The van der Waals surface area contributed by atoms with Gasteiger partial charge in [0.1, 0.15) is 0 Å². The van der Waals surface area contributed by atoms with Crippen LogP contribution in [0.2, 0.25) is 0 Å². The van der Waals surface area contributed by atoms with E-state index < -0.39 is 6.09 Å². The maximum absolute atomic E-state index is 11.2. The first-order valence-electron chi connectivity index (χ1n) is 7.93. The van der Waals surface area contributed by atoms with Crippen LogP contribution in [-0.2, 0) is 13.1 Å². The van der Waals surface area contributed by atoms with E-state index in [1.165, 1.54) is 4.90 Å². The third-order valence-electron chi connectivity index (χ3n) is 3.20. The van der Waals surface area contributed by atoms with E-state index >= 15 is 0 Å². The molecular formula is C19H26N2O2. The second kappa shape index (κ2) is 11.3. The first-order chi connectivity index (χ1) is 11.2. The molecule has 0 aliphatic heterocycles. The average molecular weight is 314 g/mol. The van der Waals surface area contributed by atoms with E-state index in [9.17, 15) is 9.90 Å². The summed E-state index contributed by atoms with van der Waals surface area (Å²) < 4.78 is 0. The highest BCUT2D eigenvalue weighted by Crippen LogP contribution is 2.10. The van der Waals surface area contributed by atoms with Crippen molar-refractivity contribution >= 4 is 6.09 Å². The Labute approximate surface area is 138 Å². The first kappa shape index (κ1) is 18.7. The van der Waals surface area contributed by atoms with Gasteiger partial charge in [-0.25, -0.2) is 4.79 Å². The Bertz CT molecular complexity index is 500. The number of nitrogens with one attached hydrogen (secondary N) is 1. The van der Waals surface area contributed by atoms with E-state index in [4.69, 9.17) is 0 Å². The van der Waals surface area contributed by atoms with Gasteiger partial charge in [0.15, 0.2) is 0 Å². The van der Waals surface area contributed by atoms with Gasteiger partial charge in [-0.15, -0.1) is 0 Å². The van der Waals surface area contributed by atoms with Crippen molar-refractivity contribution in [2.75, 3.05) is 13.1 Å². The Hall–Kier alpha value is -2.33. The molecular weight excluding hydrogens is 288 g/mol. The maximum atomic E-state index is 11.2. The molecule has 0 saturated carbocycles. The minimum Gasteiger partial charge on any atom is -0.465 e. The number of rotatable bonds is 6. The molecule has 1 amide bonds. The lowest BCUT2D eigenvalue weighted by molar-refractivity contribution is 0.139. The Kier molecular flexibility index (Phi) is 9.17. The molecule has 4 nitrogen and oxygen atoms in total. The van der Waals surface area contributed by atoms with Crippen molar-refractivity contribution in [1.29, 1.82) is 0 Å². The summed E-state index contributed by atoms with van der Waals surface area (Å²) in [5.74, 6) is 0. The number of hydrogen-bond acceptors (Lipinski definition) is 2. The van der Waals surface area contributed by atoms with Crippen LogP contribution in [0.15, 0.2) is 60.7 Å². The van der Waals surface area contributed by atoms with Crippen molar-refractivity contribution in [3.05, 3.63) is 71.8 Å². The zero-order chi connectivity index (χ0) is 16.9. The quantitative estimate of drug-likeness (QED) is 0.848. The van der Waals surface area contributed by atoms with Crippen LogP contribution in [0.5, 0.6) is 0 Å². The Morgan fingerprint density at radius 3 is 1.52 bits per heavy atom. The van der Waals surface area contributed by atoms with Crippen molar-refractivity contribution in [3.63, 3.8) is 0 Å². The van der Waals surface area contributed by atoms with Gasteiger partial charge in [-0.1, -0.05) is 74.5 Å². The van der Waals surface area contributed by atoms with E-state index in [0.29, 0.717) is 13.1 Å². The molecule has 0 bridgehead atoms. The van der Waals surface area contributed by atoms with Crippen LogP contribution in [0, 0.1) is 0 Å². The van der Waals surface area contributed by atoms with Gasteiger partial charge in [-0.05, 0) is 24.2 Å². The fourth-order valence-electron chi connectivity index (χ4n) is 2.05. The van der Waals surface area contributed by atoms with Crippen LogP contribution >= 0.6 is 0 Å². The standard InChI is InChI=1S/C15H15NO2.C4H11N/c17-15(18)16(11-13-7-3-1-4-8-13)12-14-9-5-2-6-10-14;1-3-5-4-2/h1-10H,11-12H2,(H,17,18);5H,3-4H2,1-2H3. The van der Waals surface area contributed by atoms with Gasteiger partial charge in [0, 0.05) is 13.1 Å². The molecule has 0 radical (unpaired) electrons. The molecule has 2 rings (SSSR count). The molecule has 23 heavy (non-hydrogen) atoms. The maximum Gasteiger partial charge on any atom is 0.407 e. The van der Waals surface area contributed by atoms with Gasteiger partial charge >= 0.3 is 6.09 Å². The van der Waals surface area contributed by atoms with E-state index in [0.717, 1.165) is 24.2 Å². The highest BCUT2D eigenvalue weighted by Gasteiger charge is 2.12. The topological polar surface area (TPSA) is 52.6 Å². The molecule has 0 aliphatic carbocycles. The van der Waals surface area contributed by atoms with E-state index in [1.54, 1.807) is 0 Å². The SMILES string of the molecule is CCNCC.O=C(O)N(Cc1ccccc1)Cc1ccccc1. The molecule has 0 unspecified atom stereocenters. The van der Waals surface area contributed by atoms with Gasteiger partial charge in [0.05, 0.1) is 0 Å². The Morgan fingerprint density at radius 1 is 0.870 bits per heavy atom. The highest BCUT2D eigenvalue weighted by molar-refractivity contribution is 5.65. The van der Waals surface area contributed by atoms with E-state index in [-0.39, 0.29) is 0 Å². The summed E-state index contributed by atoms with van der Waals surface area (Å²) in [6.07, 6.45) is -0.900. The molecule has 0 aliphatic rings.